The molecule has 77 heavy (non-hydrogen) atoms. The highest BCUT2D eigenvalue weighted by molar-refractivity contribution is 6.04. The van der Waals surface area contributed by atoms with Gasteiger partial charge in [-0.3, -0.25) is 15.6 Å². The van der Waals surface area contributed by atoms with Gasteiger partial charge in [-0.05, 0) is 170 Å². The maximum absolute atomic E-state index is 5.44. The summed E-state index contributed by atoms with van der Waals surface area (Å²) >= 11 is 0. The Hall–Kier alpha value is -7.47. The number of likely N-dealkylation sites (tertiary alicyclic amines) is 2. The monoisotopic (exact) mass is 1030 g/mol. The number of piperidine rings is 4. The van der Waals surface area contributed by atoms with E-state index in [-0.39, 0.29) is 0 Å². The number of nitrogens with zero attached hydrogens (tertiary/aromatic N) is 12. The van der Waals surface area contributed by atoms with Crippen LogP contribution in [0.4, 0.5) is 28.4 Å². The van der Waals surface area contributed by atoms with Gasteiger partial charge in [0, 0.05) is 86.6 Å². The van der Waals surface area contributed by atoms with Crippen LogP contribution in [0.3, 0.4) is 0 Å². The maximum Gasteiger partial charge on any atom is 0.225 e. The molecule has 5 aromatic carbocycles. The zero-order chi connectivity index (χ0) is 51.2. The van der Waals surface area contributed by atoms with Crippen LogP contribution in [0, 0.1) is 0 Å². The molecule has 0 saturated carbocycles. The van der Waals surface area contributed by atoms with E-state index < -0.39 is 0 Å². The van der Waals surface area contributed by atoms with E-state index in [1.807, 2.05) is 18.2 Å². The van der Waals surface area contributed by atoms with Crippen molar-refractivity contribution < 1.29 is 0 Å². The quantitative estimate of drug-likeness (QED) is 0.0502. The van der Waals surface area contributed by atoms with Crippen molar-refractivity contribution in [2.75, 3.05) is 106 Å². The molecule has 14 rings (SSSR count). The van der Waals surface area contributed by atoms with Gasteiger partial charge >= 0.3 is 0 Å². The summed E-state index contributed by atoms with van der Waals surface area (Å²) in [6.45, 7) is 12.8. The fourth-order valence-electron chi connectivity index (χ4n) is 13.0. The maximum atomic E-state index is 5.44. The predicted molar refractivity (Wildman–Crippen MR) is 312 cm³/mol. The number of fused-ring (bicyclic) bond motifs is 4. The third-order valence-electron chi connectivity index (χ3n) is 17.4. The molecule has 5 saturated heterocycles. The van der Waals surface area contributed by atoms with Crippen molar-refractivity contribution >= 4 is 78.3 Å². The molecule has 5 aliphatic heterocycles. The molecule has 17 nitrogen and oxygen atoms in total. The van der Waals surface area contributed by atoms with E-state index in [1.54, 1.807) is 0 Å². The van der Waals surface area contributed by atoms with E-state index in [9.17, 15) is 0 Å². The zero-order valence-electron chi connectivity index (χ0n) is 44.4. The summed E-state index contributed by atoms with van der Waals surface area (Å²) in [6.07, 6.45) is 13.0. The van der Waals surface area contributed by atoms with Crippen molar-refractivity contribution in [1.29, 1.82) is 0 Å². The lowest BCUT2D eigenvalue weighted by molar-refractivity contribution is 0.141. The van der Waals surface area contributed by atoms with Crippen molar-refractivity contribution in [3.8, 4) is 23.0 Å². The number of guanidine groups is 1. The second kappa shape index (κ2) is 20.8. The summed E-state index contributed by atoms with van der Waals surface area (Å²) in [4.78, 5) is 38.4. The Kier molecular flexibility index (Phi) is 13.0. The zero-order valence-corrected chi connectivity index (χ0v) is 44.4. The molecule has 0 amide bonds. The molecule has 0 spiro atoms. The number of piperazine rings is 1. The van der Waals surface area contributed by atoms with Crippen LogP contribution in [0.1, 0.15) is 64.2 Å². The van der Waals surface area contributed by atoms with Gasteiger partial charge in [0.15, 0.2) is 11.6 Å². The lowest BCUT2D eigenvalue weighted by Crippen LogP contribution is -2.54. The number of anilines is 4. The van der Waals surface area contributed by atoms with Crippen LogP contribution in [0.5, 0.6) is 0 Å². The van der Waals surface area contributed by atoms with Crippen molar-refractivity contribution in [3.05, 3.63) is 103 Å². The second-order valence-corrected chi connectivity index (χ2v) is 22.3. The van der Waals surface area contributed by atoms with E-state index in [2.05, 4.69) is 152 Å². The first-order valence-corrected chi connectivity index (χ1v) is 28.6. The van der Waals surface area contributed by atoms with Crippen LogP contribution in [0.15, 0.2) is 108 Å². The topological polar surface area (TPSA) is 162 Å². The number of hydrazine groups is 1. The first-order chi connectivity index (χ1) is 38.0. The molecule has 0 unspecified atom stereocenters. The molecule has 17 heteroatoms. The minimum atomic E-state index is 0.707. The van der Waals surface area contributed by atoms with Gasteiger partial charge in [-0.15, -0.1) is 0 Å². The largest absolute Gasteiger partial charge is 0.371 e. The van der Waals surface area contributed by atoms with Gasteiger partial charge in [-0.2, -0.15) is 10.2 Å². The Labute approximate surface area is 449 Å². The van der Waals surface area contributed by atoms with Crippen molar-refractivity contribution in [2.45, 2.75) is 76.3 Å². The van der Waals surface area contributed by atoms with Gasteiger partial charge in [0.05, 0.1) is 50.2 Å². The number of aromatic amines is 4. The SMILES string of the molecule is CN1CCN(C(=Nc2ccccc2)N(Nc2ccc3[nH]nc(-c4nc5ccc(N6CCC(N7CCCCC7)CC6)cc5[nH]4)c3c2)c2ccc3[nH]nc(-c4nc5ccc(N6CCC(N7CCCCC7)CC6)cc5[nH]4)c3c2)CC1. The number of rotatable bonds is 10. The molecule has 396 valence electrons. The van der Waals surface area contributed by atoms with Gasteiger partial charge in [0.1, 0.15) is 11.4 Å². The molecule has 5 aliphatic rings. The van der Waals surface area contributed by atoms with Crippen LogP contribution in [0.2, 0.25) is 0 Å². The fourth-order valence-corrected chi connectivity index (χ4v) is 13.0. The number of hydrogen-bond acceptors (Lipinski definition) is 11. The Balaban J connectivity index is 0.776. The Bertz CT molecular complexity index is 3520. The molecule has 0 bridgehead atoms. The predicted octanol–water partition coefficient (Wildman–Crippen LogP) is 10.2. The van der Waals surface area contributed by atoms with Gasteiger partial charge < -0.3 is 39.4 Å². The summed E-state index contributed by atoms with van der Waals surface area (Å²) in [5, 5.41) is 20.5. The number of para-hydroxylation sites is 1. The third kappa shape index (κ3) is 9.73. The van der Waals surface area contributed by atoms with E-state index >= 15 is 0 Å². The number of aliphatic imine (C=N–C) groups is 1. The standard InChI is InChI=1S/C60H71N17/c1-71-33-35-76(36-34-71)60(61-41-11-5-2-6-12-41)77(47-16-18-51-49(38-47)57(69-67-51)59-63-53-20-15-46(40-55(53)65-59)75-31-23-44(24-32-75)73-27-9-4-10-28-73)70-42-13-17-50-48(37-42)56(68-66-50)58-62-52-19-14-45(39-54(52)64-58)74-29-21-43(22-30-74)72-25-7-3-8-26-72/h2,5-6,11-20,37-40,43-44,70H,3-4,7-10,21-36H2,1H3,(H,62,64)(H,63,65)(H,66,68)(H,67,69). The summed E-state index contributed by atoms with van der Waals surface area (Å²) < 4.78 is 0. The Morgan fingerprint density at radius 2 is 1.06 bits per heavy atom. The van der Waals surface area contributed by atoms with Crippen molar-refractivity contribution in [1.82, 2.24) is 59.9 Å². The summed E-state index contributed by atoms with van der Waals surface area (Å²) in [6, 6.07) is 37.8. The van der Waals surface area contributed by atoms with E-state index in [0.717, 1.165) is 142 Å². The number of nitrogens with one attached hydrogen (secondary N) is 5. The molecule has 0 aliphatic carbocycles. The lowest BCUT2D eigenvalue weighted by Gasteiger charge is -2.41. The van der Waals surface area contributed by atoms with Gasteiger partial charge in [0.25, 0.3) is 0 Å². The molecule has 9 aromatic rings. The highest BCUT2D eigenvalue weighted by Gasteiger charge is 2.30. The molecule has 4 aromatic heterocycles. The minimum Gasteiger partial charge on any atom is -0.371 e. The average molecular weight is 1030 g/mol. The van der Waals surface area contributed by atoms with Gasteiger partial charge in [-0.1, -0.05) is 31.0 Å². The van der Waals surface area contributed by atoms with E-state index in [1.165, 1.54) is 102 Å². The molecule has 5 fully saturated rings. The van der Waals surface area contributed by atoms with E-state index in [0.29, 0.717) is 12.1 Å². The smallest absolute Gasteiger partial charge is 0.225 e. The minimum absolute atomic E-state index is 0.707. The van der Waals surface area contributed by atoms with Crippen LogP contribution < -0.4 is 20.2 Å². The highest BCUT2D eigenvalue weighted by Crippen LogP contribution is 2.36. The van der Waals surface area contributed by atoms with Crippen LogP contribution in [-0.4, -0.2) is 164 Å². The average Bonchev–Trinajstić information content (AvgIpc) is 4.34. The number of H-pyrrole nitrogens is 4. The first kappa shape index (κ1) is 47.9. The van der Waals surface area contributed by atoms with Crippen molar-refractivity contribution in [3.63, 3.8) is 0 Å². The summed E-state index contributed by atoms with van der Waals surface area (Å²) in [5.74, 6) is 2.26. The Morgan fingerprint density at radius 1 is 0.532 bits per heavy atom. The number of imidazole rings is 2. The lowest BCUT2D eigenvalue weighted by atomic mass is 9.99. The number of likely N-dealkylation sites (N-methyl/N-ethyl adjacent to an activating group) is 1. The second-order valence-electron chi connectivity index (χ2n) is 22.3. The van der Waals surface area contributed by atoms with Crippen LogP contribution >= 0.6 is 0 Å². The van der Waals surface area contributed by atoms with Crippen LogP contribution in [0.25, 0.3) is 66.9 Å². The van der Waals surface area contributed by atoms with Crippen molar-refractivity contribution in [2.24, 2.45) is 4.99 Å². The fraction of sp³-hybridized carbons (Fsp3) is 0.417. The van der Waals surface area contributed by atoms with E-state index in [4.69, 9.17) is 25.2 Å². The van der Waals surface area contributed by atoms with Crippen LogP contribution in [-0.2, 0) is 0 Å². The third-order valence-corrected chi connectivity index (χ3v) is 17.4. The summed E-state index contributed by atoms with van der Waals surface area (Å²) in [7, 11) is 2.19. The normalized spacial score (nSPS) is 19.4. The van der Waals surface area contributed by atoms with Gasteiger partial charge in [-0.25, -0.2) is 20.0 Å². The molecule has 5 N–H and O–H groups in total. The molecular weight excluding hydrogens is 959 g/mol. The Morgan fingerprint density at radius 3 is 1.62 bits per heavy atom. The molecule has 0 atom stereocenters. The highest BCUT2D eigenvalue weighted by atomic mass is 15.6. The number of aromatic nitrogens is 8. The number of benzene rings is 5. The molecular formula is C60H71N17. The molecule has 0 radical (unpaired) electrons. The van der Waals surface area contributed by atoms with Gasteiger partial charge in [0.2, 0.25) is 5.96 Å². The molecule has 9 heterocycles. The summed E-state index contributed by atoms with van der Waals surface area (Å²) in [5.41, 5.74) is 16.3. The first-order valence-electron chi connectivity index (χ1n) is 28.6. The number of hydrogen-bond donors (Lipinski definition) is 5.